The van der Waals surface area contributed by atoms with E-state index in [0.717, 1.165) is 18.2 Å². The fourth-order valence-electron chi connectivity index (χ4n) is 3.69. The lowest BCUT2D eigenvalue weighted by atomic mass is 9.77. The van der Waals surface area contributed by atoms with E-state index in [0.29, 0.717) is 17.7 Å². The second-order valence-corrected chi connectivity index (χ2v) is 7.59. The van der Waals surface area contributed by atoms with Crippen LogP contribution in [0.5, 0.6) is 0 Å². The Hall–Kier alpha value is -2.94. The average Bonchev–Trinajstić information content (AvgIpc) is 2.72. The van der Waals surface area contributed by atoms with Crippen molar-refractivity contribution in [1.29, 1.82) is 0 Å². The molecule has 0 aliphatic heterocycles. The van der Waals surface area contributed by atoms with Gasteiger partial charge in [0, 0.05) is 6.54 Å². The second kappa shape index (κ2) is 9.51. The van der Waals surface area contributed by atoms with Crippen LogP contribution in [-0.4, -0.2) is 12.7 Å². The SMILES string of the molecule is Fc1ccc([C@@](Cc2ccccc2)(NCCC(F)(F)F)c2cc(F)cc(C(F)(F)F)c2)cc1. The molecular weight excluding hydrogens is 454 g/mol. The zero-order chi connectivity index (χ0) is 24.3. The molecule has 176 valence electrons. The van der Waals surface area contributed by atoms with Crippen LogP contribution in [0.25, 0.3) is 0 Å². The maximum Gasteiger partial charge on any atom is 0.416 e. The Morgan fingerprint density at radius 1 is 0.636 bits per heavy atom. The minimum atomic E-state index is -4.88. The Kier molecular flexibility index (Phi) is 7.11. The molecule has 1 atom stereocenters. The molecule has 0 saturated heterocycles. The molecule has 1 N–H and O–H groups in total. The van der Waals surface area contributed by atoms with Crippen molar-refractivity contribution in [2.75, 3.05) is 6.54 Å². The second-order valence-electron chi connectivity index (χ2n) is 7.59. The third-order valence-corrected chi connectivity index (χ3v) is 5.20. The number of hydrogen-bond acceptors (Lipinski definition) is 1. The fourth-order valence-corrected chi connectivity index (χ4v) is 3.69. The predicted molar refractivity (Wildman–Crippen MR) is 107 cm³/mol. The first-order valence-electron chi connectivity index (χ1n) is 9.89. The lowest BCUT2D eigenvalue weighted by molar-refractivity contribution is -0.137. The molecule has 0 aliphatic rings. The van der Waals surface area contributed by atoms with Gasteiger partial charge in [-0.1, -0.05) is 42.5 Å². The molecule has 33 heavy (non-hydrogen) atoms. The zero-order valence-electron chi connectivity index (χ0n) is 17.1. The molecular formula is C24H19F8N. The van der Waals surface area contributed by atoms with Crippen LogP contribution >= 0.6 is 0 Å². The van der Waals surface area contributed by atoms with E-state index in [1.54, 1.807) is 30.3 Å². The van der Waals surface area contributed by atoms with Gasteiger partial charge in [0.15, 0.2) is 0 Å². The molecule has 0 amide bonds. The summed E-state index contributed by atoms with van der Waals surface area (Å²) in [4.78, 5) is 0. The van der Waals surface area contributed by atoms with Crippen molar-refractivity contribution in [3.05, 3.63) is 107 Å². The van der Waals surface area contributed by atoms with Crippen LogP contribution < -0.4 is 5.32 Å². The van der Waals surface area contributed by atoms with Crippen molar-refractivity contribution < 1.29 is 35.1 Å². The molecule has 1 nitrogen and oxygen atoms in total. The van der Waals surface area contributed by atoms with E-state index >= 15 is 0 Å². The Morgan fingerprint density at radius 3 is 1.82 bits per heavy atom. The van der Waals surface area contributed by atoms with Crippen LogP contribution in [0, 0.1) is 11.6 Å². The van der Waals surface area contributed by atoms with Crippen LogP contribution in [0.4, 0.5) is 35.1 Å². The summed E-state index contributed by atoms with van der Waals surface area (Å²) >= 11 is 0. The molecule has 0 bridgehead atoms. The highest BCUT2D eigenvalue weighted by molar-refractivity contribution is 5.43. The molecule has 0 fully saturated rings. The third kappa shape index (κ3) is 6.31. The predicted octanol–water partition coefficient (Wildman–Crippen LogP) is 7.01. The van der Waals surface area contributed by atoms with Gasteiger partial charge in [0.1, 0.15) is 11.6 Å². The molecule has 9 heteroatoms. The number of alkyl halides is 6. The Morgan fingerprint density at radius 2 is 1.24 bits per heavy atom. The number of halogens is 8. The number of rotatable bonds is 7. The summed E-state index contributed by atoms with van der Waals surface area (Å²) in [7, 11) is 0. The summed E-state index contributed by atoms with van der Waals surface area (Å²) in [5, 5.41) is 2.72. The first-order chi connectivity index (χ1) is 15.4. The number of benzene rings is 3. The van der Waals surface area contributed by atoms with Gasteiger partial charge in [0.25, 0.3) is 0 Å². The monoisotopic (exact) mass is 473 g/mol. The summed E-state index contributed by atoms with van der Waals surface area (Å²) in [5.41, 5.74) is -2.46. The Labute approximate surface area is 185 Å². The van der Waals surface area contributed by atoms with Crippen molar-refractivity contribution in [2.45, 2.75) is 30.7 Å². The highest BCUT2D eigenvalue weighted by Gasteiger charge is 2.39. The van der Waals surface area contributed by atoms with Gasteiger partial charge in [0.05, 0.1) is 17.5 Å². The molecule has 0 radical (unpaired) electrons. The molecule has 0 spiro atoms. The molecule has 3 rings (SSSR count). The third-order valence-electron chi connectivity index (χ3n) is 5.20. The van der Waals surface area contributed by atoms with Crippen LogP contribution in [0.3, 0.4) is 0 Å². The summed E-state index contributed by atoms with van der Waals surface area (Å²) < 4.78 is 107. The minimum absolute atomic E-state index is 0.113. The molecule has 0 saturated carbocycles. The van der Waals surface area contributed by atoms with E-state index in [9.17, 15) is 35.1 Å². The number of nitrogens with one attached hydrogen (secondary N) is 1. The van der Waals surface area contributed by atoms with E-state index in [1.807, 2.05) is 0 Å². The first kappa shape index (κ1) is 24.7. The van der Waals surface area contributed by atoms with E-state index in [-0.39, 0.29) is 17.5 Å². The van der Waals surface area contributed by atoms with Gasteiger partial charge in [-0.05, 0) is 53.4 Å². The molecule has 0 unspecified atom stereocenters. The lowest BCUT2D eigenvalue weighted by Gasteiger charge is -2.37. The maximum atomic E-state index is 14.4. The summed E-state index contributed by atoms with van der Waals surface area (Å²) in [5.74, 6) is -1.84. The zero-order valence-corrected chi connectivity index (χ0v) is 17.1. The molecule has 0 heterocycles. The Bertz CT molecular complexity index is 1060. The van der Waals surface area contributed by atoms with E-state index < -0.39 is 48.1 Å². The highest BCUT2D eigenvalue weighted by Crippen LogP contribution is 2.38. The van der Waals surface area contributed by atoms with Crippen molar-refractivity contribution in [1.82, 2.24) is 5.32 Å². The molecule has 3 aromatic carbocycles. The first-order valence-corrected chi connectivity index (χ1v) is 9.89. The Balaban J connectivity index is 2.23. The fraction of sp³-hybridized carbons (Fsp3) is 0.250. The van der Waals surface area contributed by atoms with Crippen molar-refractivity contribution in [3.8, 4) is 0 Å². The van der Waals surface area contributed by atoms with Crippen LogP contribution in [0.1, 0.15) is 28.7 Å². The number of hydrogen-bond donors (Lipinski definition) is 1. The van der Waals surface area contributed by atoms with Gasteiger partial charge in [-0.15, -0.1) is 0 Å². The van der Waals surface area contributed by atoms with Crippen LogP contribution in [0.2, 0.25) is 0 Å². The van der Waals surface area contributed by atoms with Gasteiger partial charge in [-0.3, -0.25) is 0 Å². The summed E-state index contributed by atoms with van der Waals surface area (Å²) in [6, 6.07) is 14.8. The van der Waals surface area contributed by atoms with E-state index in [2.05, 4.69) is 5.32 Å². The van der Waals surface area contributed by atoms with Crippen LogP contribution in [-0.2, 0) is 18.1 Å². The molecule has 0 aromatic heterocycles. The average molecular weight is 473 g/mol. The standard InChI is InChI=1S/C24H19F8N/c25-20-8-6-17(7-9-20)22(33-11-10-23(27,28)29,15-16-4-2-1-3-5-16)18-12-19(24(30,31)32)14-21(26)13-18/h1-9,12-14,33H,10-11,15H2/t22-/m1/s1. The largest absolute Gasteiger partial charge is 0.416 e. The van der Waals surface area contributed by atoms with Gasteiger partial charge in [-0.25, -0.2) is 8.78 Å². The van der Waals surface area contributed by atoms with Crippen molar-refractivity contribution in [3.63, 3.8) is 0 Å². The normalized spacial score (nSPS) is 14.2. The smallest absolute Gasteiger partial charge is 0.303 e. The lowest BCUT2D eigenvalue weighted by Crippen LogP contribution is -2.47. The van der Waals surface area contributed by atoms with Gasteiger partial charge >= 0.3 is 12.4 Å². The summed E-state index contributed by atoms with van der Waals surface area (Å²) in [6.07, 6.45) is -10.8. The van der Waals surface area contributed by atoms with Crippen molar-refractivity contribution >= 4 is 0 Å². The van der Waals surface area contributed by atoms with Crippen LogP contribution in [0.15, 0.2) is 72.8 Å². The van der Waals surface area contributed by atoms with E-state index in [1.165, 1.54) is 12.1 Å². The molecule has 0 aliphatic carbocycles. The highest BCUT2D eigenvalue weighted by atomic mass is 19.4. The van der Waals surface area contributed by atoms with Crippen molar-refractivity contribution in [2.24, 2.45) is 0 Å². The van der Waals surface area contributed by atoms with Gasteiger partial charge in [-0.2, -0.15) is 26.3 Å². The van der Waals surface area contributed by atoms with Gasteiger partial charge < -0.3 is 5.32 Å². The molecule has 3 aromatic rings. The van der Waals surface area contributed by atoms with E-state index in [4.69, 9.17) is 0 Å². The summed E-state index contributed by atoms with van der Waals surface area (Å²) in [6.45, 7) is -0.661. The van der Waals surface area contributed by atoms with Gasteiger partial charge in [0.2, 0.25) is 0 Å². The maximum absolute atomic E-state index is 14.4. The quantitative estimate of drug-likeness (QED) is 0.364. The topological polar surface area (TPSA) is 12.0 Å². The minimum Gasteiger partial charge on any atom is -0.303 e.